The number of benzene rings is 1. The summed E-state index contributed by atoms with van der Waals surface area (Å²) in [4.78, 5) is 2.19. The van der Waals surface area contributed by atoms with Crippen molar-refractivity contribution in [2.75, 3.05) is 31.2 Å². The zero-order chi connectivity index (χ0) is 12.3. The van der Waals surface area contributed by atoms with E-state index in [0.29, 0.717) is 13.2 Å². The van der Waals surface area contributed by atoms with E-state index in [1.165, 1.54) is 0 Å². The van der Waals surface area contributed by atoms with Crippen molar-refractivity contribution in [2.24, 2.45) is 0 Å². The molecule has 2 N–H and O–H groups in total. The third-order valence-electron chi connectivity index (χ3n) is 3.08. The molecular weight excluding hydrogens is 218 g/mol. The first-order valence-corrected chi connectivity index (χ1v) is 5.96. The van der Waals surface area contributed by atoms with E-state index in [2.05, 4.69) is 4.90 Å². The number of ether oxygens (including phenoxy) is 1. The van der Waals surface area contributed by atoms with Crippen molar-refractivity contribution < 1.29 is 14.9 Å². The number of nitrogens with zero attached hydrogens (tertiary/aromatic N) is 1. The average molecular weight is 237 g/mol. The van der Waals surface area contributed by atoms with Crippen LogP contribution >= 0.6 is 0 Å². The maximum absolute atomic E-state index is 9.44. The highest BCUT2D eigenvalue weighted by molar-refractivity contribution is 5.48. The van der Waals surface area contributed by atoms with Crippen LogP contribution in [0.2, 0.25) is 0 Å². The summed E-state index contributed by atoms with van der Waals surface area (Å²) in [5, 5.41) is 18.5. The molecule has 4 heteroatoms. The second-order valence-corrected chi connectivity index (χ2v) is 4.39. The lowest BCUT2D eigenvalue weighted by molar-refractivity contribution is 0.00356. The number of hydrogen-bond acceptors (Lipinski definition) is 4. The van der Waals surface area contributed by atoms with Crippen molar-refractivity contribution in [3.05, 3.63) is 29.8 Å². The molecule has 2 unspecified atom stereocenters. The summed E-state index contributed by atoms with van der Waals surface area (Å²) in [6.07, 6.45) is -0.529. The Labute approximate surface area is 101 Å². The minimum Gasteiger partial charge on any atom is -0.394 e. The Morgan fingerprint density at radius 1 is 1.41 bits per heavy atom. The van der Waals surface area contributed by atoms with E-state index in [1.54, 1.807) is 6.92 Å². The van der Waals surface area contributed by atoms with Gasteiger partial charge in [0.1, 0.15) is 0 Å². The molecule has 1 aliphatic rings. The fourth-order valence-corrected chi connectivity index (χ4v) is 2.03. The number of aliphatic hydroxyl groups excluding tert-OH is 2. The lowest BCUT2D eigenvalue weighted by Crippen LogP contribution is -2.44. The molecule has 0 spiro atoms. The van der Waals surface area contributed by atoms with E-state index in [1.807, 2.05) is 24.3 Å². The van der Waals surface area contributed by atoms with Crippen molar-refractivity contribution in [3.8, 4) is 0 Å². The molecule has 4 nitrogen and oxygen atoms in total. The number of anilines is 1. The summed E-state index contributed by atoms with van der Waals surface area (Å²) < 4.78 is 5.41. The molecule has 2 rings (SSSR count). The third-order valence-corrected chi connectivity index (χ3v) is 3.08. The maximum atomic E-state index is 9.44. The van der Waals surface area contributed by atoms with Crippen LogP contribution in [0.5, 0.6) is 0 Å². The van der Waals surface area contributed by atoms with Crippen LogP contribution in [-0.2, 0) is 4.74 Å². The highest BCUT2D eigenvalue weighted by Gasteiger charge is 2.19. The molecule has 2 atom stereocenters. The van der Waals surface area contributed by atoms with Crippen LogP contribution in [0.1, 0.15) is 18.6 Å². The molecule has 1 fully saturated rings. The molecule has 0 aromatic heterocycles. The zero-order valence-electron chi connectivity index (χ0n) is 10.0. The molecule has 0 aliphatic carbocycles. The van der Waals surface area contributed by atoms with Crippen LogP contribution in [0, 0.1) is 0 Å². The van der Waals surface area contributed by atoms with Crippen LogP contribution in [-0.4, -0.2) is 42.6 Å². The standard InChI is InChI=1S/C13H19NO3/c1-10(16)11-2-4-12(5-3-11)14-6-7-17-13(8-14)9-15/h2-5,10,13,15-16H,6-9H2,1H3. The Balaban J connectivity index is 2.06. The SMILES string of the molecule is CC(O)c1ccc(N2CCOC(CO)C2)cc1. The van der Waals surface area contributed by atoms with E-state index in [4.69, 9.17) is 9.84 Å². The van der Waals surface area contributed by atoms with Crippen molar-refractivity contribution in [2.45, 2.75) is 19.1 Å². The van der Waals surface area contributed by atoms with Gasteiger partial charge in [-0.15, -0.1) is 0 Å². The monoisotopic (exact) mass is 237 g/mol. The lowest BCUT2D eigenvalue weighted by atomic mass is 10.1. The fourth-order valence-electron chi connectivity index (χ4n) is 2.03. The Kier molecular flexibility index (Phi) is 3.99. The van der Waals surface area contributed by atoms with Crippen molar-refractivity contribution in [1.29, 1.82) is 0 Å². The van der Waals surface area contributed by atoms with E-state index < -0.39 is 6.10 Å². The molecule has 1 aromatic carbocycles. The first-order valence-electron chi connectivity index (χ1n) is 5.96. The summed E-state index contributed by atoms with van der Waals surface area (Å²) in [5.41, 5.74) is 2.02. The molecular formula is C13H19NO3. The van der Waals surface area contributed by atoms with Crippen LogP contribution in [0.4, 0.5) is 5.69 Å². The third kappa shape index (κ3) is 2.97. The average Bonchev–Trinajstić information content (AvgIpc) is 2.39. The van der Waals surface area contributed by atoms with E-state index >= 15 is 0 Å². The van der Waals surface area contributed by atoms with Gasteiger partial charge < -0.3 is 19.8 Å². The Bertz CT molecular complexity index is 350. The molecule has 1 saturated heterocycles. The molecule has 0 amide bonds. The van der Waals surface area contributed by atoms with Crippen LogP contribution in [0.3, 0.4) is 0 Å². The second-order valence-electron chi connectivity index (χ2n) is 4.39. The Morgan fingerprint density at radius 3 is 2.71 bits per heavy atom. The molecule has 0 saturated carbocycles. The molecule has 1 aliphatic heterocycles. The van der Waals surface area contributed by atoms with Crippen molar-refractivity contribution >= 4 is 5.69 Å². The second kappa shape index (κ2) is 5.49. The van der Waals surface area contributed by atoms with Gasteiger partial charge in [0.2, 0.25) is 0 Å². The number of morpholine rings is 1. The van der Waals surface area contributed by atoms with Crippen LogP contribution in [0.15, 0.2) is 24.3 Å². The summed E-state index contributed by atoms with van der Waals surface area (Å²) in [5.74, 6) is 0. The Hall–Kier alpha value is -1.10. The minimum absolute atomic E-state index is 0.0578. The largest absolute Gasteiger partial charge is 0.394 e. The zero-order valence-corrected chi connectivity index (χ0v) is 10.0. The van der Waals surface area contributed by atoms with Crippen molar-refractivity contribution in [3.63, 3.8) is 0 Å². The van der Waals surface area contributed by atoms with Gasteiger partial charge in [0, 0.05) is 18.8 Å². The molecule has 1 aromatic rings. The van der Waals surface area contributed by atoms with Crippen LogP contribution in [0.25, 0.3) is 0 Å². The summed E-state index contributed by atoms with van der Waals surface area (Å²) in [6.45, 7) is 4.01. The fraction of sp³-hybridized carbons (Fsp3) is 0.538. The van der Waals surface area contributed by atoms with Gasteiger partial charge >= 0.3 is 0 Å². The van der Waals surface area contributed by atoms with Gasteiger partial charge in [0.25, 0.3) is 0 Å². The van der Waals surface area contributed by atoms with Gasteiger partial charge in [0.05, 0.1) is 25.4 Å². The van der Waals surface area contributed by atoms with E-state index in [9.17, 15) is 5.11 Å². The summed E-state index contributed by atoms with van der Waals surface area (Å²) >= 11 is 0. The predicted molar refractivity (Wildman–Crippen MR) is 66.1 cm³/mol. The van der Waals surface area contributed by atoms with Gasteiger partial charge in [-0.25, -0.2) is 0 Å². The summed E-state index contributed by atoms with van der Waals surface area (Å²) in [6, 6.07) is 7.87. The molecule has 0 bridgehead atoms. The highest BCUT2D eigenvalue weighted by Crippen LogP contribution is 2.21. The van der Waals surface area contributed by atoms with Gasteiger partial charge in [-0.2, -0.15) is 0 Å². The van der Waals surface area contributed by atoms with Gasteiger partial charge in [-0.05, 0) is 24.6 Å². The van der Waals surface area contributed by atoms with Crippen LogP contribution < -0.4 is 4.90 Å². The molecule has 0 radical (unpaired) electrons. The summed E-state index contributed by atoms with van der Waals surface area (Å²) in [7, 11) is 0. The number of rotatable bonds is 3. The molecule has 94 valence electrons. The quantitative estimate of drug-likeness (QED) is 0.821. The van der Waals surface area contributed by atoms with Gasteiger partial charge in [-0.1, -0.05) is 12.1 Å². The highest BCUT2D eigenvalue weighted by atomic mass is 16.5. The van der Waals surface area contributed by atoms with Crippen molar-refractivity contribution in [1.82, 2.24) is 0 Å². The van der Waals surface area contributed by atoms with Gasteiger partial charge in [-0.3, -0.25) is 0 Å². The first kappa shape index (κ1) is 12.4. The Morgan fingerprint density at radius 2 is 2.12 bits per heavy atom. The molecule has 1 heterocycles. The smallest absolute Gasteiger partial charge is 0.0980 e. The maximum Gasteiger partial charge on any atom is 0.0980 e. The number of aliphatic hydroxyl groups is 2. The van der Waals surface area contributed by atoms with E-state index in [0.717, 1.165) is 17.8 Å². The lowest BCUT2D eigenvalue weighted by Gasteiger charge is -2.33. The first-order chi connectivity index (χ1) is 8.20. The minimum atomic E-state index is -0.432. The predicted octanol–water partition coefficient (Wildman–Crippen LogP) is 0.937. The number of hydrogen-bond donors (Lipinski definition) is 2. The van der Waals surface area contributed by atoms with Gasteiger partial charge in [0.15, 0.2) is 0 Å². The molecule has 17 heavy (non-hydrogen) atoms. The van der Waals surface area contributed by atoms with E-state index in [-0.39, 0.29) is 12.7 Å². The topological polar surface area (TPSA) is 52.9 Å². The normalized spacial score (nSPS) is 22.5.